The molecule has 4 aromatic rings. The van der Waals surface area contributed by atoms with Crippen LogP contribution in [0.15, 0.2) is 77.9 Å². The van der Waals surface area contributed by atoms with Gasteiger partial charge in [-0.1, -0.05) is 54.1 Å². The third kappa shape index (κ3) is 4.23. The summed E-state index contributed by atoms with van der Waals surface area (Å²) in [5.41, 5.74) is 14.2. The fraction of sp³-hybridized carbons (Fsp3) is 0.0870. The van der Waals surface area contributed by atoms with Crippen LogP contribution in [0.1, 0.15) is 38.9 Å². The fourth-order valence-electron chi connectivity index (χ4n) is 3.00. The Morgan fingerprint density at radius 1 is 1.07 bits per heavy atom. The van der Waals surface area contributed by atoms with Gasteiger partial charge in [-0.05, 0) is 42.3 Å². The lowest BCUT2D eigenvalue weighted by Crippen LogP contribution is -2.18. The van der Waals surface area contributed by atoms with Crippen LogP contribution in [0.5, 0.6) is 0 Å². The molecule has 0 aliphatic carbocycles. The molecule has 1 heterocycles. The van der Waals surface area contributed by atoms with Crippen LogP contribution in [0.2, 0.25) is 0 Å². The molecular weight excluding hydrogens is 362 g/mol. The second-order valence-electron chi connectivity index (χ2n) is 6.85. The Kier molecular flexibility index (Phi) is 5.18. The van der Waals surface area contributed by atoms with E-state index in [4.69, 9.17) is 5.73 Å². The summed E-state index contributed by atoms with van der Waals surface area (Å²) < 4.78 is 0. The van der Waals surface area contributed by atoms with Crippen LogP contribution in [0.3, 0.4) is 0 Å². The van der Waals surface area contributed by atoms with E-state index in [0.29, 0.717) is 11.4 Å². The molecule has 4 N–H and O–H groups in total. The Labute approximate surface area is 168 Å². The summed E-state index contributed by atoms with van der Waals surface area (Å²) in [5.74, 6) is 0.406. The van der Waals surface area contributed by atoms with Crippen LogP contribution in [0.4, 0.5) is 0 Å². The van der Waals surface area contributed by atoms with E-state index in [-0.39, 0.29) is 5.91 Å². The van der Waals surface area contributed by atoms with Crippen LogP contribution in [0.25, 0.3) is 11.0 Å². The second kappa shape index (κ2) is 8.08. The van der Waals surface area contributed by atoms with Crippen LogP contribution < -0.4 is 11.2 Å². The number of para-hydroxylation sites is 2. The summed E-state index contributed by atoms with van der Waals surface area (Å²) in [7, 11) is 0. The summed E-state index contributed by atoms with van der Waals surface area (Å²) in [5, 5.41) is 4.01. The van der Waals surface area contributed by atoms with Gasteiger partial charge in [-0.3, -0.25) is 4.79 Å². The van der Waals surface area contributed by atoms with E-state index in [2.05, 4.69) is 20.5 Å². The van der Waals surface area contributed by atoms with E-state index in [0.717, 1.165) is 22.2 Å². The van der Waals surface area contributed by atoms with Crippen molar-refractivity contribution >= 4 is 23.2 Å². The number of benzene rings is 3. The highest BCUT2D eigenvalue weighted by atomic mass is 16.2. The molecule has 0 radical (unpaired) electrons. The molecule has 1 unspecified atom stereocenters. The standard InChI is InChI=1S/C23H21N5O/c1-15-6-8-16(9-7-15)14-25-28-23(29)18-12-10-17(11-13-18)21(24)22-26-19-4-2-3-5-20(19)27-22/h2-14,21H,24H2,1H3,(H,26,27)(H,28,29). The van der Waals surface area contributed by atoms with Crippen molar-refractivity contribution in [2.45, 2.75) is 13.0 Å². The maximum absolute atomic E-state index is 12.3. The first-order valence-corrected chi connectivity index (χ1v) is 9.30. The van der Waals surface area contributed by atoms with Gasteiger partial charge in [0.15, 0.2) is 0 Å². The Morgan fingerprint density at radius 2 is 1.79 bits per heavy atom. The number of amides is 1. The van der Waals surface area contributed by atoms with Gasteiger partial charge in [0.25, 0.3) is 5.91 Å². The molecule has 0 spiro atoms. The smallest absolute Gasteiger partial charge is 0.271 e. The second-order valence-corrected chi connectivity index (χ2v) is 6.85. The van der Waals surface area contributed by atoms with E-state index in [1.54, 1.807) is 18.3 Å². The fourth-order valence-corrected chi connectivity index (χ4v) is 3.00. The average Bonchev–Trinajstić information content (AvgIpc) is 3.19. The first-order chi connectivity index (χ1) is 14.1. The van der Waals surface area contributed by atoms with Crippen molar-refractivity contribution in [2.75, 3.05) is 0 Å². The zero-order valence-electron chi connectivity index (χ0n) is 16.0. The van der Waals surface area contributed by atoms with Crippen molar-refractivity contribution in [1.82, 2.24) is 15.4 Å². The number of nitrogens with two attached hydrogens (primary N) is 1. The maximum atomic E-state index is 12.3. The lowest BCUT2D eigenvalue weighted by Gasteiger charge is -2.09. The van der Waals surface area contributed by atoms with Gasteiger partial charge in [-0.2, -0.15) is 5.10 Å². The number of nitrogens with one attached hydrogen (secondary N) is 2. The number of hydrazone groups is 1. The van der Waals surface area contributed by atoms with E-state index in [1.165, 1.54) is 5.56 Å². The molecule has 0 saturated carbocycles. The molecule has 0 fully saturated rings. The van der Waals surface area contributed by atoms with Crippen LogP contribution in [-0.4, -0.2) is 22.1 Å². The highest BCUT2D eigenvalue weighted by Crippen LogP contribution is 2.20. The molecule has 0 aliphatic rings. The molecule has 3 aromatic carbocycles. The number of aryl methyl sites for hydroxylation is 1. The molecule has 4 rings (SSSR count). The van der Waals surface area contributed by atoms with Crippen molar-refractivity contribution < 1.29 is 4.79 Å². The first-order valence-electron chi connectivity index (χ1n) is 9.30. The monoisotopic (exact) mass is 383 g/mol. The Bertz CT molecular complexity index is 1130. The van der Waals surface area contributed by atoms with Crippen molar-refractivity contribution in [3.63, 3.8) is 0 Å². The molecule has 0 saturated heterocycles. The molecule has 1 aromatic heterocycles. The van der Waals surface area contributed by atoms with Gasteiger partial charge in [0.1, 0.15) is 5.82 Å². The molecule has 144 valence electrons. The summed E-state index contributed by atoms with van der Waals surface area (Å²) in [6.45, 7) is 2.02. The van der Waals surface area contributed by atoms with E-state index < -0.39 is 6.04 Å². The van der Waals surface area contributed by atoms with Crippen molar-refractivity contribution in [2.24, 2.45) is 10.8 Å². The van der Waals surface area contributed by atoms with Crippen LogP contribution in [-0.2, 0) is 0 Å². The van der Waals surface area contributed by atoms with Crippen molar-refractivity contribution in [3.8, 4) is 0 Å². The molecule has 1 atom stereocenters. The summed E-state index contributed by atoms with van der Waals surface area (Å²) in [6.07, 6.45) is 1.61. The third-order valence-corrected chi connectivity index (χ3v) is 4.69. The normalized spacial score (nSPS) is 12.3. The minimum absolute atomic E-state index is 0.280. The van der Waals surface area contributed by atoms with Gasteiger partial charge >= 0.3 is 0 Å². The Balaban J connectivity index is 1.42. The van der Waals surface area contributed by atoms with Crippen molar-refractivity contribution in [1.29, 1.82) is 0 Å². The summed E-state index contributed by atoms with van der Waals surface area (Å²) >= 11 is 0. The highest BCUT2D eigenvalue weighted by Gasteiger charge is 2.14. The number of imidazole rings is 1. The minimum atomic E-state index is -0.404. The quantitative estimate of drug-likeness (QED) is 0.362. The molecule has 6 nitrogen and oxygen atoms in total. The number of rotatable bonds is 5. The zero-order valence-corrected chi connectivity index (χ0v) is 16.0. The number of nitrogens with zero attached hydrogens (tertiary/aromatic N) is 2. The van der Waals surface area contributed by atoms with Crippen molar-refractivity contribution in [3.05, 3.63) is 101 Å². The van der Waals surface area contributed by atoms with Gasteiger partial charge in [0.2, 0.25) is 0 Å². The number of hydrogen-bond donors (Lipinski definition) is 3. The maximum Gasteiger partial charge on any atom is 0.271 e. The lowest BCUT2D eigenvalue weighted by molar-refractivity contribution is 0.0955. The van der Waals surface area contributed by atoms with Gasteiger partial charge in [0.05, 0.1) is 23.3 Å². The van der Waals surface area contributed by atoms with Gasteiger partial charge in [0, 0.05) is 5.56 Å². The average molecular weight is 383 g/mol. The largest absolute Gasteiger partial charge is 0.340 e. The Hall–Kier alpha value is -3.77. The molecular formula is C23H21N5O. The van der Waals surface area contributed by atoms with Gasteiger partial charge in [-0.15, -0.1) is 0 Å². The minimum Gasteiger partial charge on any atom is -0.340 e. The lowest BCUT2D eigenvalue weighted by atomic mass is 10.0. The topological polar surface area (TPSA) is 96.2 Å². The predicted octanol–water partition coefficient (Wildman–Crippen LogP) is 3.68. The first kappa shape index (κ1) is 18.6. The molecule has 0 aliphatic heterocycles. The van der Waals surface area contributed by atoms with Crippen LogP contribution >= 0.6 is 0 Å². The number of H-pyrrole nitrogens is 1. The number of hydrogen-bond acceptors (Lipinski definition) is 4. The van der Waals surface area contributed by atoms with Crippen LogP contribution in [0, 0.1) is 6.92 Å². The van der Waals surface area contributed by atoms with E-state index in [9.17, 15) is 4.79 Å². The number of aromatic amines is 1. The number of fused-ring (bicyclic) bond motifs is 1. The predicted molar refractivity (Wildman–Crippen MR) is 115 cm³/mol. The van der Waals surface area contributed by atoms with E-state index >= 15 is 0 Å². The number of aromatic nitrogens is 2. The summed E-state index contributed by atoms with van der Waals surface area (Å²) in [4.78, 5) is 20.1. The highest BCUT2D eigenvalue weighted by molar-refractivity contribution is 5.94. The summed E-state index contributed by atoms with van der Waals surface area (Å²) in [6, 6.07) is 22.4. The Morgan fingerprint density at radius 3 is 2.52 bits per heavy atom. The molecule has 0 bridgehead atoms. The molecule has 1 amide bonds. The zero-order chi connectivity index (χ0) is 20.2. The third-order valence-electron chi connectivity index (χ3n) is 4.69. The molecule has 29 heavy (non-hydrogen) atoms. The SMILES string of the molecule is Cc1ccc(C=NNC(=O)c2ccc(C(N)c3nc4ccccc4[nH]3)cc2)cc1. The number of carbonyl (C=O) groups excluding carboxylic acids is 1. The van der Waals surface area contributed by atoms with E-state index in [1.807, 2.05) is 67.6 Å². The van der Waals surface area contributed by atoms with Gasteiger partial charge < -0.3 is 10.7 Å². The molecule has 6 heteroatoms. The van der Waals surface area contributed by atoms with Gasteiger partial charge in [-0.25, -0.2) is 10.4 Å². The number of carbonyl (C=O) groups is 1.